The van der Waals surface area contributed by atoms with Crippen LogP contribution in [0.1, 0.15) is 18.5 Å². The lowest BCUT2D eigenvalue weighted by Gasteiger charge is -2.14. The smallest absolute Gasteiger partial charge is 0.234 e. The highest BCUT2D eigenvalue weighted by atomic mass is 79.9. The topological polar surface area (TPSA) is 41.1 Å². The molecule has 0 aliphatic rings. The van der Waals surface area contributed by atoms with Gasteiger partial charge in [-0.25, -0.2) is 0 Å². The summed E-state index contributed by atoms with van der Waals surface area (Å²) in [6, 6.07) is 7.84. The van der Waals surface area contributed by atoms with Gasteiger partial charge in [0.15, 0.2) is 0 Å². The Morgan fingerprint density at radius 1 is 1.59 bits per heavy atom. The molecule has 0 radical (unpaired) electrons. The minimum absolute atomic E-state index is 0.0207. The summed E-state index contributed by atoms with van der Waals surface area (Å²) in [7, 11) is 0. The van der Waals surface area contributed by atoms with Crippen LogP contribution in [-0.4, -0.2) is 19.0 Å². The predicted octanol–water partition coefficient (Wildman–Crippen LogP) is 1.85. The molecule has 1 amide bonds. The zero-order valence-corrected chi connectivity index (χ0v) is 11.3. The van der Waals surface area contributed by atoms with E-state index in [9.17, 15) is 4.79 Å². The number of terminal acetylenes is 1. The minimum atomic E-state index is -0.0623. The molecule has 0 unspecified atom stereocenters. The second kappa shape index (κ2) is 7.10. The number of halogens is 1. The van der Waals surface area contributed by atoms with E-state index in [4.69, 9.17) is 6.42 Å². The summed E-state index contributed by atoms with van der Waals surface area (Å²) >= 11 is 3.40. The van der Waals surface area contributed by atoms with E-state index in [0.29, 0.717) is 6.54 Å². The number of carbonyl (C=O) groups excluding carboxylic acids is 1. The highest BCUT2D eigenvalue weighted by Crippen LogP contribution is 2.17. The van der Waals surface area contributed by atoms with Crippen LogP contribution in [0, 0.1) is 12.3 Å². The molecule has 0 saturated heterocycles. The van der Waals surface area contributed by atoms with Gasteiger partial charge in [0.1, 0.15) is 0 Å². The number of hydrogen-bond acceptors (Lipinski definition) is 2. The fraction of sp³-hybridized carbons (Fsp3) is 0.308. The molecule has 1 aromatic rings. The van der Waals surface area contributed by atoms with Crippen LogP contribution in [0.3, 0.4) is 0 Å². The first-order valence-corrected chi connectivity index (χ1v) is 6.12. The van der Waals surface area contributed by atoms with Gasteiger partial charge in [-0.1, -0.05) is 34.0 Å². The standard InChI is InChI=1S/C13H15BrN2O/c1-3-7-15-9-13(17)16-10(2)11-5-4-6-12(14)8-11/h1,4-6,8,10,15H,7,9H2,2H3,(H,16,17)/t10-/m1/s1. The van der Waals surface area contributed by atoms with Gasteiger partial charge in [0.2, 0.25) is 5.91 Å². The second-order valence-corrected chi connectivity index (χ2v) is 4.57. The normalized spacial score (nSPS) is 11.6. The third-order valence-corrected chi connectivity index (χ3v) is 2.73. The molecule has 0 saturated carbocycles. The molecule has 90 valence electrons. The summed E-state index contributed by atoms with van der Waals surface area (Å²) in [6.07, 6.45) is 5.07. The Kier molecular flexibility index (Phi) is 5.75. The maximum absolute atomic E-state index is 11.5. The third kappa shape index (κ3) is 5.03. The van der Waals surface area contributed by atoms with Crippen molar-refractivity contribution < 1.29 is 4.79 Å². The molecule has 0 heterocycles. The molecule has 0 fully saturated rings. The Balaban J connectivity index is 2.46. The van der Waals surface area contributed by atoms with Crippen LogP contribution in [0.4, 0.5) is 0 Å². The molecule has 0 aliphatic carbocycles. The molecule has 0 aliphatic heterocycles. The quantitative estimate of drug-likeness (QED) is 0.643. The molecule has 3 nitrogen and oxygen atoms in total. The molecule has 17 heavy (non-hydrogen) atoms. The van der Waals surface area contributed by atoms with Gasteiger partial charge in [-0.2, -0.15) is 0 Å². The van der Waals surface area contributed by atoms with Crippen LogP contribution in [0.5, 0.6) is 0 Å². The van der Waals surface area contributed by atoms with E-state index >= 15 is 0 Å². The van der Waals surface area contributed by atoms with E-state index in [1.807, 2.05) is 31.2 Å². The summed E-state index contributed by atoms with van der Waals surface area (Å²) < 4.78 is 1.00. The van der Waals surface area contributed by atoms with Gasteiger partial charge < -0.3 is 5.32 Å². The summed E-state index contributed by atoms with van der Waals surface area (Å²) in [6.45, 7) is 2.59. The average Bonchev–Trinajstić information content (AvgIpc) is 2.29. The first-order chi connectivity index (χ1) is 8.13. The minimum Gasteiger partial charge on any atom is -0.348 e. The van der Waals surface area contributed by atoms with Gasteiger partial charge in [-0.3, -0.25) is 10.1 Å². The van der Waals surface area contributed by atoms with E-state index in [2.05, 4.69) is 32.5 Å². The Morgan fingerprint density at radius 2 is 2.35 bits per heavy atom. The molecule has 2 N–H and O–H groups in total. The highest BCUT2D eigenvalue weighted by Gasteiger charge is 2.08. The molecule has 4 heteroatoms. The number of carbonyl (C=O) groups is 1. The highest BCUT2D eigenvalue weighted by molar-refractivity contribution is 9.10. The molecule has 0 aromatic heterocycles. The molecule has 0 bridgehead atoms. The third-order valence-electron chi connectivity index (χ3n) is 2.24. The van der Waals surface area contributed by atoms with Crippen LogP contribution in [0.2, 0.25) is 0 Å². The van der Waals surface area contributed by atoms with Crippen molar-refractivity contribution in [3.05, 3.63) is 34.3 Å². The zero-order valence-electron chi connectivity index (χ0n) is 9.66. The first kappa shape index (κ1) is 13.8. The van der Waals surface area contributed by atoms with Crippen molar-refractivity contribution in [3.8, 4) is 12.3 Å². The Morgan fingerprint density at radius 3 is 3.00 bits per heavy atom. The SMILES string of the molecule is C#CCNCC(=O)N[C@H](C)c1cccc(Br)c1. The number of hydrogen-bond donors (Lipinski definition) is 2. The Hall–Kier alpha value is -1.31. The lowest BCUT2D eigenvalue weighted by atomic mass is 10.1. The number of rotatable bonds is 5. The second-order valence-electron chi connectivity index (χ2n) is 3.65. The van der Waals surface area contributed by atoms with Gasteiger partial charge >= 0.3 is 0 Å². The van der Waals surface area contributed by atoms with E-state index in [1.54, 1.807) is 0 Å². The van der Waals surface area contributed by atoms with Crippen molar-refractivity contribution in [1.82, 2.24) is 10.6 Å². The van der Waals surface area contributed by atoms with Gasteiger partial charge in [-0.05, 0) is 24.6 Å². The summed E-state index contributed by atoms with van der Waals surface area (Å²) in [4.78, 5) is 11.5. The fourth-order valence-corrected chi connectivity index (χ4v) is 1.82. The van der Waals surface area contributed by atoms with E-state index in [-0.39, 0.29) is 18.5 Å². The maximum atomic E-state index is 11.5. The van der Waals surface area contributed by atoms with Crippen LogP contribution in [0.25, 0.3) is 0 Å². The molecule has 1 aromatic carbocycles. The van der Waals surface area contributed by atoms with Crippen molar-refractivity contribution >= 4 is 21.8 Å². The van der Waals surface area contributed by atoms with E-state index < -0.39 is 0 Å². The van der Waals surface area contributed by atoms with Crippen molar-refractivity contribution in [2.75, 3.05) is 13.1 Å². The number of amides is 1. The lowest BCUT2D eigenvalue weighted by molar-refractivity contribution is -0.120. The molecular weight excluding hydrogens is 280 g/mol. The van der Waals surface area contributed by atoms with E-state index in [1.165, 1.54) is 0 Å². The maximum Gasteiger partial charge on any atom is 0.234 e. The summed E-state index contributed by atoms with van der Waals surface area (Å²) in [5.41, 5.74) is 1.06. The van der Waals surface area contributed by atoms with Crippen molar-refractivity contribution in [2.24, 2.45) is 0 Å². The van der Waals surface area contributed by atoms with Crippen LogP contribution in [0.15, 0.2) is 28.7 Å². The monoisotopic (exact) mass is 294 g/mol. The van der Waals surface area contributed by atoms with E-state index in [0.717, 1.165) is 10.0 Å². The summed E-state index contributed by atoms with van der Waals surface area (Å²) in [5.74, 6) is 2.36. The lowest BCUT2D eigenvalue weighted by Crippen LogP contribution is -2.35. The average molecular weight is 295 g/mol. The zero-order chi connectivity index (χ0) is 12.7. The Bertz CT molecular complexity index is 426. The van der Waals surface area contributed by atoms with Crippen molar-refractivity contribution in [3.63, 3.8) is 0 Å². The van der Waals surface area contributed by atoms with Crippen LogP contribution in [-0.2, 0) is 4.79 Å². The van der Waals surface area contributed by atoms with Crippen molar-refractivity contribution in [2.45, 2.75) is 13.0 Å². The number of benzene rings is 1. The molecule has 1 rings (SSSR count). The van der Waals surface area contributed by atoms with Crippen LogP contribution >= 0.6 is 15.9 Å². The van der Waals surface area contributed by atoms with Gasteiger partial charge in [0, 0.05) is 4.47 Å². The predicted molar refractivity (Wildman–Crippen MR) is 72.4 cm³/mol. The fourth-order valence-electron chi connectivity index (χ4n) is 1.40. The summed E-state index contributed by atoms with van der Waals surface area (Å²) in [5, 5.41) is 5.74. The molecule has 1 atom stereocenters. The molecular formula is C13H15BrN2O. The van der Waals surface area contributed by atoms with Gasteiger partial charge in [-0.15, -0.1) is 6.42 Å². The van der Waals surface area contributed by atoms with Crippen LogP contribution < -0.4 is 10.6 Å². The largest absolute Gasteiger partial charge is 0.348 e. The first-order valence-electron chi connectivity index (χ1n) is 5.32. The number of nitrogens with one attached hydrogen (secondary N) is 2. The van der Waals surface area contributed by atoms with Gasteiger partial charge in [0.25, 0.3) is 0 Å². The van der Waals surface area contributed by atoms with Gasteiger partial charge in [0.05, 0.1) is 19.1 Å². The Labute approximate surface area is 110 Å². The van der Waals surface area contributed by atoms with Crippen molar-refractivity contribution in [1.29, 1.82) is 0 Å². The molecule has 0 spiro atoms.